The van der Waals surface area contributed by atoms with Crippen LogP contribution in [0.1, 0.15) is 40.5 Å². The molecule has 0 aromatic heterocycles. The Bertz CT molecular complexity index is 130. The van der Waals surface area contributed by atoms with Crippen molar-refractivity contribution in [2.24, 2.45) is 0 Å². The Morgan fingerprint density at radius 2 is 1.31 bits per heavy atom. The van der Waals surface area contributed by atoms with Gasteiger partial charge in [0.15, 0.2) is 0 Å². The Labute approximate surface area is 91.2 Å². The van der Waals surface area contributed by atoms with E-state index in [1.807, 2.05) is 27.7 Å². The number of halogens is 2. The quantitative estimate of drug-likeness (QED) is 0.526. The van der Waals surface area contributed by atoms with Gasteiger partial charge in [-0.2, -0.15) is 0 Å². The lowest BCUT2D eigenvalue weighted by Crippen LogP contribution is -2.36. The van der Waals surface area contributed by atoms with E-state index >= 15 is 0 Å². The highest BCUT2D eigenvalue weighted by Gasteiger charge is 2.37. The van der Waals surface area contributed by atoms with Gasteiger partial charge in [-0.15, -0.1) is 0 Å². The molecule has 0 N–H and O–H groups in total. The van der Waals surface area contributed by atoms with Gasteiger partial charge < -0.3 is 8.85 Å². The molecule has 2 unspecified atom stereocenters. The summed E-state index contributed by atoms with van der Waals surface area (Å²) < 4.78 is 10.8. The lowest BCUT2D eigenvalue weighted by Gasteiger charge is -2.24. The smallest absolute Gasteiger partial charge is 0.369 e. The normalized spacial score (nSPS) is 17.1. The second-order valence-electron chi connectivity index (χ2n) is 3.14. The molecule has 0 amide bonds. The van der Waals surface area contributed by atoms with Crippen LogP contribution in [0.15, 0.2) is 0 Å². The van der Waals surface area contributed by atoms with Gasteiger partial charge in [0, 0.05) is 12.2 Å². The van der Waals surface area contributed by atoms with Crippen LogP contribution in [0.2, 0.25) is 0 Å². The molecule has 0 heterocycles. The van der Waals surface area contributed by atoms with Gasteiger partial charge in [0.05, 0.1) is 0 Å². The minimum absolute atomic E-state index is 0.0609. The molecule has 0 bridgehead atoms. The van der Waals surface area contributed by atoms with E-state index in [1.165, 1.54) is 0 Å². The molecule has 0 aromatic rings. The van der Waals surface area contributed by atoms with Crippen molar-refractivity contribution in [1.82, 2.24) is 0 Å². The average Bonchev–Trinajstić information content (AvgIpc) is 2.02. The Kier molecular flexibility index (Phi) is 6.59. The molecule has 0 saturated heterocycles. The van der Waals surface area contributed by atoms with E-state index in [1.54, 1.807) is 0 Å². The highest BCUT2D eigenvalue weighted by molar-refractivity contribution is 7.39. The Balaban J connectivity index is 3.92. The van der Waals surface area contributed by atoms with Crippen LogP contribution >= 0.6 is 22.2 Å². The molecule has 0 aromatic carbocycles. The molecule has 80 valence electrons. The Morgan fingerprint density at radius 3 is 1.54 bits per heavy atom. The summed E-state index contributed by atoms with van der Waals surface area (Å²) in [7, 11) is -2.93. The molecule has 0 aliphatic carbocycles. The highest BCUT2D eigenvalue weighted by Crippen LogP contribution is 2.23. The fourth-order valence-electron chi connectivity index (χ4n) is 0.663. The minimum Gasteiger partial charge on any atom is -0.369 e. The van der Waals surface area contributed by atoms with Crippen molar-refractivity contribution in [2.75, 3.05) is 0 Å². The van der Waals surface area contributed by atoms with Gasteiger partial charge in [-0.25, -0.2) is 0 Å². The summed E-state index contributed by atoms with van der Waals surface area (Å²) in [4.78, 5) is 0. The van der Waals surface area contributed by atoms with E-state index in [0.717, 1.165) is 12.8 Å². The van der Waals surface area contributed by atoms with E-state index in [-0.39, 0.29) is 12.2 Å². The SMILES string of the molecule is CCC(C)O[Si](Cl)(Cl)OC(C)CC. The number of hydrogen-bond acceptors (Lipinski definition) is 2. The Hall–Kier alpha value is 0.717. The monoisotopic (exact) mass is 244 g/mol. The van der Waals surface area contributed by atoms with Gasteiger partial charge in [-0.1, -0.05) is 36.0 Å². The summed E-state index contributed by atoms with van der Waals surface area (Å²) in [5.41, 5.74) is 0. The fraction of sp³-hybridized carbons (Fsp3) is 1.00. The molecule has 13 heavy (non-hydrogen) atoms. The van der Waals surface area contributed by atoms with Gasteiger partial charge in [-0.05, 0) is 26.7 Å². The maximum Gasteiger partial charge on any atom is 0.551 e. The van der Waals surface area contributed by atoms with Crippen molar-refractivity contribution < 1.29 is 8.85 Å². The van der Waals surface area contributed by atoms with Crippen molar-refractivity contribution in [2.45, 2.75) is 52.7 Å². The third-order valence-corrected chi connectivity index (χ3v) is 4.25. The lowest BCUT2D eigenvalue weighted by molar-refractivity contribution is 0.116. The van der Waals surface area contributed by atoms with E-state index in [2.05, 4.69) is 0 Å². The topological polar surface area (TPSA) is 18.5 Å². The van der Waals surface area contributed by atoms with Crippen molar-refractivity contribution in [3.05, 3.63) is 0 Å². The first-order valence-corrected chi connectivity index (χ1v) is 8.48. The van der Waals surface area contributed by atoms with Crippen LogP contribution in [0.25, 0.3) is 0 Å². The fourth-order valence-corrected chi connectivity index (χ4v) is 3.81. The van der Waals surface area contributed by atoms with Gasteiger partial charge in [0.25, 0.3) is 0 Å². The van der Waals surface area contributed by atoms with Crippen molar-refractivity contribution in [3.63, 3.8) is 0 Å². The van der Waals surface area contributed by atoms with Gasteiger partial charge >= 0.3 is 7.18 Å². The summed E-state index contributed by atoms with van der Waals surface area (Å²) in [5, 5.41) is 0. The summed E-state index contributed by atoms with van der Waals surface area (Å²) in [6.45, 7) is 7.91. The summed E-state index contributed by atoms with van der Waals surface area (Å²) in [5.74, 6) is 0. The summed E-state index contributed by atoms with van der Waals surface area (Å²) in [6, 6.07) is 0. The van der Waals surface area contributed by atoms with Gasteiger partial charge in [0.2, 0.25) is 0 Å². The number of rotatable bonds is 6. The van der Waals surface area contributed by atoms with Crippen LogP contribution in [-0.2, 0) is 8.85 Å². The predicted octanol–water partition coefficient (Wildman–Crippen LogP) is 3.53. The van der Waals surface area contributed by atoms with E-state index in [4.69, 9.17) is 31.0 Å². The third-order valence-electron chi connectivity index (χ3n) is 1.83. The van der Waals surface area contributed by atoms with Crippen LogP contribution in [0.5, 0.6) is 0 Å². The Morgan fingerprint density at radius 1 is 1.00 bits per heavy atom. The van der Waals surface area contributed by atoms with Crippen LogP contribution < -0.4 is 0 Å². The molecule has 0 saturated carbocycles. The van der Waals surface area contributed by atoms with Crippen molar-refractivity contribution in [1.29, 1.82) is 0 Å². The second-order valence-corrected chi connectivity index (χ2v) is 8.10. The van der Waals surface area contributed by atoms with Crippen LogP contribution in [0.4, 0.5) is 0 Å². The lowest BCUT2D eigenvalue weighted by atomic mass is 10.3. The summed E-state index contributed by atoms with van der Waals surface area (Å²) >= 11 is 11.9. The van der Waals surface area contributed by atoms with Crippen LogP contribution in [0.3, 0.4) is 0 Å². The van der Waals surface area contributed by atoms with Crippen LogP contribution in [-0.4, -0.2) is 19.4 Å². The maximum absolute atomic E-state index is 5.94. The van der Waals surface area contributed by atoms with Crippen LogP contribution in [0, 0.1) is 0 Å². The third kappa shape index (κ3) is 6.74. The molecular weight excluding hydrogens is 227 g/mol. The first-order chi connectivity index (χ1) is 5.91. The van der Waals surface area contributed by atoms with E-state index in [9.17, 15) is 0 Å². The molecule has 0 fully saturated rings. The average molecular weight is 245 g/mol. The highest BCUT2D eigenvalue weighted by atomic mass is 35.7. The van der Waals surface area contributed by atoms with Crippen molar-refractivity contribution >= 4 is 29.3 Å². The van der Waals surface area contributed by atoms with Gasteiger partial charge in [-0.3, -0.25) is 0 Å². The zero-order valence-electron chi connectivity index (χ0n) is 8.64. The molecule has 0 rings (SSSR count). The molecule has 5 heteroatoms. The molecule has 0 radical (unpaired) electrons. The zero-order valence-corrected chi connectivity index (χ0v) is 11.2. The van der Waals surface area contributed by atoms with Gasteiger partial charge in [0.1, 0.15) is 0 Å². The number of hydrogen-bond donors (Lipinski definition) is 0. The molecule has 0 aliphatic rings. The molecule has 2 atom stereocenters. The van der Waals surface area contributed by atoms with E-state index in [0.29, 0.717) is 0 Å². The largest absolute Gasteiger partial charge is 0.551 e. The first-order valence-electron chi connectivity index (χ1n) is 4.64. The summed E-state index contributed by atoms with van der Waals surface area (Å²) in [6.07, 6.45) is 1.90. The molecular formula is C8H18Cl2O2Si. The zero-order chi connectivity index (χ0) is 10.5. The maximum atomic E-state index is 5.94. The molecule has 0 spiro atoms. The minimum atomic E-state index is -2.93. The first kappa shape index (κ1) is 13.7. The van der Waals surface area contributed by atoms with E-state index < -0.39 is 7.18 Å². The molecule has 2 nitrogen and oxygen atoms in total. The predicted molar refractivity (Wildman–Crippen MR) is 59.1 cm³/mol. The molecule has 0 aliphatic heterocycles. The standard InChI is InChI=1S/C8H18Cl2O2Si/c1-5-7(3)11-13(9,10)12-8(4)6-2/h7-8H,5-6H2,1-4H3. The van der Waals surface area contributed by atoms with Crippen molar-refractivity contribution in [3.8, 4) is 0 Å². The second kappa shape index (κ2) is 6.25.